The first-order chi connectivity index (χ1) is 10.4. The predicted molar refractivity (Wildman–Crippen MR) is 74.5 cm³/mol. The number of nitrogens with zero attached hydrogens (tertiary/aromatic N) is 3. The van der Waals surface area contributed by atoms with Gasteiger partial charge in [0.25, 0.3) is 0 Å². The van der Waals surface area contributed by atoms with Crippen LogP contribution in [-0.2, 0) is 6.18 Å². The second kappa shape index (κ2) is 5.68. The molecular weight excluding hydrogens is 295 g/mol. The summed E-state index contributed by atoms with van der Waals surface area (Å²) in [7, 11) is 0. The Labute approximate surface area is 127 Å². The Hall–Kier alpha value is -1.37. The summed E-state index contributed by atoms with van der Waals surface area (Å²) in [6, 6.07) is 1.20. The van der Waals surface area contributed by atoms with Crippen molar-refractivity contribution in [3.63, 3.8) is 0 Å². The van der Waals surface area contributed by atoms with E-state index in [4.69, 9.17) is 4.74 Å². The predicted octanol–water partition coefficient (Wildman–Crippen LogP) is 3.28. The Morgan fingerprint density at radius 2 is 2.23 bits per heavy atom. The summed E-state index contributed by atoms with van der Waals surface area (Å²) in [6.45, 7) is 3.68. The van der Waals surface area contributed by atoms with Crippen molar-refractivity contribution in [2.24, 2.45) is 0 Å². The van der Waals surface area contributed by atoms with Gasteiger partial charge in [0.15, 0.2) is 5.69 Å². The third kappa shape index (κ3) is 2.78. The fourth-order valence-corrected chi connectivity index (χ4v) is 3.88. The minimum atomic E-state index is -4.49. The summed E-state index contributed by atoms with van der Waals surface area (Å²) in [5.41, 5.74) is -0.720. The summed E-state index contributed by atoms with van der Waals surface area (Å²) in [5, 5.41) is 6.49. The maximum absolute atomic E-state index is 12.6. The monoisotopic (exact) mass is 315 g/mol. The van der Waals surface area contributed by atoms with Gasteiger partial charge < -0.3 is 4.74 Å². The molecule has 2 saturated heterocycles. The molecule has 2 atom stereocenters. The van der Waals surface area contributed by atoms with Crippen LogP contribution in [0.1, 0.15) is 44.7 Å². The summed E-state index contributed by atoms with van der Waals surface area (Å²) >= 11 is 0. The van der Waals surface area contributed by atoms with Crippen LogP contribution in [0.5, 0.6) is 5.75 Å². The van der Waals surface area contributed by atoms with E-state index in [-0.39, 0.29) is 11.8 Å². The molecule has 3 rings (SSSR count). The highest BCUT2D eigenvalue weighted by atomic mass is 19.4. The molecule has 0 amide bonds. The van der Waals surface area contributed by atoms with Crippen molar-refractivity contribution in [1.82, 2.24) is 15.1 Å². The number of hydrogen-bond acceptors (Lipinski definition) is 4. The van der Waals surface area contributed by atoms with Crippen LogP contribution in [0.25, 0.3) is 0 Å². The second-order valence-electron chi connectivity index (χ2n) is 6.15. The molecule has 4 nitrogen and oxygen atoms in total. The molecule has 2 aliphatic rings. The van der Waals surface area contributed by atoms with Gasteiger partial charge in [-0.2, -0.15) is 18.3 Å². The highest BCUT2D eigenvalue weighted by Crippen LogP contribution is 2.44. The van der Waals surface area contributed by atoms with E-state index in [1.807, 2.05) is 0 Å². The van der Waals surface area contributed by atoms with E-state index in [0.29, 0.717) is 12.1 Å². The zero-order valence-corrected chi connectivity index (χ0v) is 12.6. The van der Waals surface area contributed by atoms with Crippen molar-refractivity contribution < 1.29 is 17.9 Å². The summed E-state index contributed by atoms with van der Waals surface area (Å²) in [6.07, 6.45) is 2.47. The van der Waals surface area contributed by atoms with Gasteiger partial charge in [-0.3, -0.25) is 4.90 Å². The molecule has 7 heteroatoms. The molecule has 0 radical (unpaired) electrons. The van der Waals surface area contributed by atoms with Crippen LogP contribution in [0.3, 0.4) is 0 Å². The van der Waals surface area contributed by atoms with Gasteiger partial charge in [-0.15, -0.1) is 5.10 Å². The van der Waals surface area contributed by atoms with Gasteiger partial charge in [-0.1, -0.05) is 6.92 Å². The molecule has 1 aromatic heterocycles. The highest BCUT2D eigenvalue weighted by Gasteiger charge is 2.47. The Kier molecular flexibility index (Phi) is 4.01. The number of hydrogen-bond donors (Lipinski definition) is 0. The lowest BCUT2D eigenvalue weighted by Gasteiger charge is -2.34. The first-order valence-corrected chi connectivity index (χ1v) is 7.74. The zero-order valence-electron chi connectivity index (χ0n) is 12.6. The van der Waals surface area contributed by atoms with Crippen molar-refractivity contribution >= 4 is 0 Å². The van der Waals surface area contributed by atoms with E-state index >= 15 is 0 Å². The van der Waals surface area contributed by atoms with Crippen LogP contribution < -0.4 is 4.74 Å². The number of fused-ring (bicyclic) bond motifs is 1. The quantitative estimate of drug-likeness (QED) is 0.854. The standard InChI is InChI=1S/C15H20F3N3O/c1-2-14-5-3-7-21(14)11(4-6-14)10-22-12-8-13(15(16,17)18)20-19-9-12/h8-9,11H,2-7,10H2,1H3/t11-,14-/m0/s1. The smallest absolute Gasteiger partial charge is 0.435 e. The maximum atomic E-state index is 12.6. The molecular formula is C15H20F3N3O. The average Bonchev–Trinajstić information content (AvgIpc) is 3.04. The van der Waals surface area contributed by atoms with Gasteiger partial charge in [-0.05, 0) is 38.6 Å². The molecule has 0 bridgehead atoms. The normalized spacial score (nSPS) is 28.8. The van der Waals surface area contributed by atoms with Crippen LogP contribution in [0.4, 0.5) is 13.2 Å². The lowest BCUT2D eigenvalue weighted by atomic mass is 9.91. The van der Waals surface area contributed by atoms with E-state index in [2.05, 4.69) is 22.0 Å². The van der Waals surface area contributed by atoms with Gasteiger partial charge in [0.05, 0.1) is 6.20 Å². The molecule has 0 aliphatic carbocycles. The van der Waals surface area contributed by atoms with E-state index in [9.17, 15) is 13.2 Å². The molecule has 2 aliphatic heterocycles. The number of halogens is 3. The molecule has 1 aromatic rings. The number of aromatic nitrogens is 2. The first-order valence-electron chi connectivity index (χ1n) is 7.74. The average molecular weight is 315 g/mol. The molecule has 0 unspecified atom stereocenters. The molecule has 0 N–H and O–H groups in total. The SMILES string of the molecule is CC[C@@]12CCCN1[C@H](COc1cnnc(C(F)(F)F)c1)CC2. The lowest BCUT2D eigenvalue weighted by molar-refractivity contribution is -0.141. The molecule has 22 heavy (non-hydrogen) atoms. The fraction of sp³-hybridized carbons (Fsp3) is 0.733. The van der Waals surface area contributed by atoms with Crippen LogP contribution >= 0.6 is 0 Å². The van der Waals surface area contributed by atoms with Crippen LogP contribution in [-0.4, -0.2) is 39.8 Å². The maximum Gasteiger partial charge on any atom is 0.435 e. The van der Waals surface area contributed by atoms with Gasteiger partial charge >= 0.3 is 6.18 Å². The number of alkyl halides is 3. The van der Waals surface area contributed by atoms with Crippen molar-refractivity contribution in [3.05, 3.63) is 18.0 Å². The molecule has 0 spiro atoms. The summed E-state index contributed by atoms with van der Waals surface area (Å²) in [5.74, 6) is 0.135. The van der Waals surface area contributed by atoms with Crippen LogP contribution in [0.15, 0.2) is 12.3 Å². The topological polar surface area (TPSA) is 38.2 Å². The third-order valence-electron chi connectivity index (χ3n) is 5.05. The van der Waals surface area contributed by atoms with Crippen LogP contribution in [0.2, 0.25) is 0 Å². The minimum absolute atomic E-state index is 0.135. The minimum Gasteiger partial charge on any atom is -0.490 e. The van der Waals surface area contributed by atoms with Crippen molar-refractivity contribution in [1.29, 1.82) is 0 Å². The van der Waals surface area contributed by atoms with Gasteiger partial charge in [0.2, 0.25) is 0 Å². The van der Waals surface area contributed by atoms with Crippen molar-refractivity contribution in [2.75, 3.05) is 13.2 Å². The van der Waals surface area contributed by atoms with E-state index < -0.39 is 11.9 Å². The largest absolute Gasteiger partial charge is 0.490 e. The zero-order chi connectivity index (χ0) is 15.8. The highest BCUT2D eigenvalue weighted by molar-refractivity contribution is 5.21. The second-order valence-corrected chi connectivity index (χ2v) is 6.15. The third-order valence-corrected chi connectivity index (χ3v) is 5.05. The number of rotatable bonds is 4. The Morgan fingerprint density at radius 1 is 1.41 bits per heavy atom. The summed E-state index contributed by atoms with van der Waals surface area (Å²) < 4.78 is 43.4. The van der Waals surface area contributed by atoms with Gasteiger partial charge in [0, 0.05) is 17.6 Å². The van der Waals surface area contributed by atoms with Crippen LogP contribution in [0, 0.1) is 0 Å². The Bertz CT molecular complexity index is 537. The van der Waals surface area contributed by atoms with E-state index in [1.165, 1.54) is 19.0 Å². The van der Waals surface area contributed by atoms with Gasteiger partial charge in [-0.25, -0.2) is 0 Å². The molecule has 2 fully saturated rings. The molecule has 122 valence electrons. The van der Waals surface area contributed by atoms with Gasteiger partial charge in [0.1, 0.15) is 12.4 Å². The fourth-order valence-electron chi connectivity index (χ4n) is 3.88. The Morgan fingerprint density at radius 3 is 2.95 bits per heavy atom. The lowest BCUT2D eigenvalue weighted by Crippen LogP contribution is -2.43. The van der Waals surface area contributed by atoms with Crippen molar-refractivity contribution in [2.45, 2.75) is 56.8 Å². The molecule has 3 heterocycles. The number of ether oxygens (including phenoxy) is 1. The molecule has 0 saturated carbocycles. The van der Waals surface area contributed by atoms with Crippen molar-refractivity contribution in [3.8, 4) is 5.75 Å². The summed E-state index contributed by atoms with van der Waals surface area (Å²) in [4.78, 5) is 2.49. The van der Waals surface area contributed by atoms with E-state index in [0.717, 1.165) is 31.9 Å². The van der Waals surface area contributed by atoms with E-state index in [1.54, 1.807) is 0 Å². The molecule has 0 aromatic carbocycles. The Balaban J connectivity index is 1.64. The first kappa shape index (κ1) is 15.5.